The van der Waals surface area contributed by atoms with Crippen molar-refractivity contribution in [2.45, 2.75) is 80.1 Å². The third-order valence-electron chi connectivity index (χ3n) is 5.03. The van der Waals surface area contributed by atoms with Crippen LogP contribution in [-0.4, -0.2) is 10.2 Å². The molecule has 2 nitrogen and oxygen atoms in total. The van der Waals surface area contributed by atoms with Gasteiger partial charge in [0.2, 0.25) is 0 Å². The quantitative estimate of drug-likeness (QED) is 0.554. The van der Waals surface area contributed by atoms with Crippen molar-refractivity contribution in [1.29, 1.82) is 0 Å². The van der Waals surface area contributed by atoms with E-state index >= 15 is 0 Å². The summed E-state index contributed by atoms with van der Waals surface area (Å²) in [7, 11) is 0. The Kier molecular flexibility index (Phi) is 6.85. The molecule has 0 atom stereocenters. The monoisotopic (exact) mass is 382 g/mol. The Hall–Kier alpha value is -1.96. The van der Waals surface area contributed by atoms with Gasteiger partial charge >= 0.3 is 0 Å². The molecule has 0 fully saturated rings. The van der Waals surface area contributed by atoms with Crippen molar-refractivity contribution in [3.05, 3.63) is 58.7 Å². The average Bonchev–Trinajstić information content (AvgIpc) is 2.54. The molecule has 0 aliphatic heterocycles. The second-order valence-corrected chi connectivity index (χ2v) is 10.6. The Morgan fingerprint density at radius 1 is 0.714 bits per heavy atom. The molecule has 2 rings (SSSR count). The lowest BCUT2D eigenvalue weighted by Gasteiger charge is -2.24. The SMILES string of the molecule is CCCC(c1ccc(O)c(CC(C)(C)C)c1)c1ccc(O)c(CC(C)(C)C)c1. The van der Waals surface area contributed by atoms with E-state index in [1.165, 1.54) is 11.1 Å². The number of phenols is 2. The third kappa shape index (κ3) is 6.29. The van der Waals surface area contributed by atoms with Gasteiger partial charge in [0.05, 0.1) is 0 Å². The van der Waals surface area contributed by atoms with Gasteiger partial charge in [0.1, 0.15) is 11.5 Å². The zero-order chi connectivity index (χ0) is 21.1. The van der Waals surface area contributed by atoms with Crippen LogP contribution in [0, 0.1) is 10.8 Å². The first kappa shape index (κ1) is 22.3. The summed E-state index contributed by atoms with van der Waals surface area (Å²) in [5.41, 5.74) is 4.75. The summed E-state index contributed by atoms with van der Waals surface area (Å²) in [5.74, 6) is 1.03. The van der Waals surface area contributed by atoms with E-state index < -0.39 is 0 Å². The van der Waals surface area contributed by atoms with Crippen LogP contribution in [0.4, 0.5) is 0 Å². The highest BCUT2D eigenvalue weighted by Gasteiger charge is 2.21. The van der Waals surface area contributed by atoms with E-state index in [-0.39, 0.29) is 16.7 Å². The molecule has 154 valence electrons. The molecule has 2 aromatic rings. The van der Waals surface area contributed by atoms with Crippen molar-refractivity contribution in [2.24, 2.45) is 10.8 Å². The van der Waals surface area contributed by atoms with Crippen LogP contribution in [0.25, 0.3) is 0 Å². The van der Waals surface area contributed by atoms with Gasteiger partial charge in [-0.1, -0.05) is 79.2 Å². The molecule has 0 aromatic heterocycles. The predicted octanol–water partition coefficient (Wildman–Crippen LogP) is 7.21. The van der Waals surface area contributed by atoms with Gasteiger partial charge in [0.15, 0.2) is 0 Å². The standard InChI is InChI=1S/C26H38O2/c1-8-9-22(18-10-12-23(27)20(14-18)16-25(2,3)4)19-11-13-24(28)21(15-19)17-26(5,6)7/h10-15,22,27-28H,8-9,16-17H2,1-7H3. The van der Waals surface area contributed by atoms with Crippen LogP contribution in [0.3, 0.4) is 0 Å². The molecule has 0 spiro atoms. The van der Waals surface area contributed by atoms with Crippen LogP contribution in [0.1, 0.15) is 89.5 Å². The van der Waals surface area contributed by atoms with Gasteiger partial charge < -0.3 is 10.2 Å². The van der Waals surface area contributed by atoms with E-state index in [1.54, 1.807) is 0 Å². The molecular formula is C26H38O2. The molecule has 0 bridgehead atoms. The highest BCUT2D eigenvalue weighted by Crippen LogP contribution is 2.37. The highest BCUT2D eigenvalue weighted by atomic mass is 16.3. The number of benzene rings is 2. The maximum Gasteiger partial charge on any atom is 0.118 e. The first-order valence-electron chi connectivity index (χ1n) is 10.5. The van der Waals surface area contributed by atoms with Gasteiger partial charge in [0, 0.05) is 5.92 Å². The van der Waals surface area contributed by atoms with E-state index in [4.69, 9.17) is 0 Å². The predicted molar refractivity (Wildman–Crippen MR) is 119 cm³/mol. The smallest absolute Gasteiger partial charge is 0.118 e. The van der Waals surface area contributed by atoms with E-state index in [9.17, 15) is 10.2 Å². The van der Waals surface area contributed by atoms with E-state index in [1.807, 2.05) is 12.1 Å². The molecule has 2 N–H and O–H groups in total. The second kappa shape index (κ2) is 8.59. The second-order valence-electron chi connectivity index (χ2n) is 10.6. The van der Waals surface area contributed by atoms with Crippen molar-refractivity contribution in [3.63, 3.8) is 0 Å². The maximum absolute atomic E-state index is 10.4. The Balaban J connectivity index is 2.46. The molecule has 28 heavy (non-hydrogen) atoms. The van der Waals surface area contributed by atoms with Crippen LogP contribution in [-0.2, 0) is 12.8 Å². The summed E-state index contributed by atoms with van der Waals surface area (Å²) in [6.07, 6.45) is 3.81. The fourth-order valence-electron chi connectivity index (χ4n) is 3.88. The summed E-state index contributed by atoms with van der Waals surface area (Å²) in [6.45, 7) is 15.4. The molecule has 2 heteroatoms. The van der Waals surface area contributed by atoms with Gasteiger partial charge in [-0.05, 0) is 64.5 Å². The van der Waals surface area contributed by atoms with Gasteiger partial charge in [-0.2, -0.15) is 0 Å². The number of aromatic hydroxyl groups is 2. The number of phenolic OH excluding ortho intramolecular Hbond substituents is 2. The van der Waals surface area contributed by atoms with E-state index in [0.29, 0.717) is 11.5 Å². The molecule has 0 amide bonds. The van der Waals surface area contributed by atoms with Gasteiger partial charge in [-0.15, -0.1) is 0 Å². The van der Waals surface area contributed by atoms with Crippen LogP contribution < -0.4 is 0 Å². The van der Waals surface area contributed by atoms with Gasteiger partial charge in [0.25, 0.3) is 0 Å². The summed E-state index contributed by atoms with van der Waals surface area (Å²) >= 11 is 0. The normalized spacial score (nSPS) is 12.6. The number of rotatable bonds is 6. The minimum Gasteiger partial charge on any atom is -0.508 e. The van der Waals surface area contributed by atoms with Crippen LogP contribution in [0.5, 0.6) is 11.5 Å². The van der Waals surface area contributed by atoms with Crippen molar-refractivity contribution in [2.75, 3.05) is 0 Å². The molecule has 0 aliphatic rings. The summed E-state index contributed by atoms with van der Waals surface area (Å²) in [6, 6.07) is 12.1. The molecule has 2 aromatic carbocycles. The van der Waals surface area contributed by atoms with Gasteiger partial charge in [-0.25, -0.2) is 0 Å². The Bertz CT molecular complexity index is 726. The summed E-state index contributed by atoms with van der Waals surface area (Å²) in [4.78, 5) is 0. The molecule has 0 unspecified atom stereocenters. The molecule has 0 heterocycles. The van der Waals surface area contributed by atoms with Crippen LogP contribution >= 0.6 is 0 Å². The first-order chi connectivity index (χ1) is 12.9. The largest absolute Gasteiger partial charge is 0.508 e. The molecule has 0 aliphatic carbocycles. The number of hydrogen-bond donors (Lipinski definition) is 2. The molecular weight excluding hydrogens is 344 g/mol. The minimum absolute atomic E-state index is 0.120. The van der Waals surface area contributed by atoms with Gasteiger partial charge in [-0.3, -0.25) is 0 Å². The topological polar surface area (TPSA) is 40.5 Å². The summed E-state index contributed by atoms with van der Waals surface area (Å²) < 4.78 is 0. The zero-order valence-electron chi connectivity index (χ0n) is 18.8. The average molecular weight is 383 g/mol. The number of hydrogen-bond acceptors (Lipinski definition) is 2. The van der Waals surface area contributed by atoms with Crippen molar-refractivity contribution >= 4 is 0 Å². The lowest BCUT2D eigenvalue weighted by atomic mass is 9.81. The molecule has 0 saturated carbocycles. The molecule has 0 saturated heterocycles. The fourth-order valence-corrected chi connectivity index (χ4v) is 3.88. The Morgan fingerprint density at radius 3 is 1.43 bits per heavy atom. The van der Waals surface area contributed by atoms with E-state index in [2.05, 4.69) is 72.7 Å². The maximum atomic E-state index is 10.4. The highest BCUT2D eigenvalue weighted by molar-refractivity contribution is 5.45. The third-order valence-corrected chi connectivity index (χ3v) is 5.03. The fraction of sp³-hybridized carbons (Fsp3) is 0.538. The zero-order valence-corrected chi connectivity index (χ0v) is 18.8. The van der Waals surface area contributed by atoms with Crippen molar-refractivity contribution < 1.29 is 10.2 Å². The van der Waals surface area contributed by atoms with Crippen molar-refractivity contribution in [3.8, 4) is 11.5 Å². The van der Waals surface area contributed by atoms with E-state index in [0.717, 1.165) is 36.8 Å². The van der Waals surface area contributed by atoms with Crippen molar-refractivity contribution in [1.82, 2.24) is 0 Å². The Morgan fingerprint density at radius 2 is 1.11 bits per heavy atom. The van der Waals surface area contributed by atoms with Crippen LogP contribution in [0.15, 0.2) is 36.4 Å². The minimum atomic E-state index is 0.120. The lowest BCUT2D eigenvalue weighted by molar-refractivity contribution is 0.394. The van der Waals surface area contributed by atoms with Crippen LogP contribution in [0.2, 0.25) is 0 Å². The summed E-state index contributed by atoms with van der Waals surface area (Å²) in [5, 5.41) is 20.7. The first-order valence-corrected chi connectivity index (χ1v) is 10.5. The Labute approximate surface area is 171 Å². The lowest BCUT2D eigenvalue weighted by Crippen LogP contribution is -2.11. The molecule has 0 radical (unpaired) electrons.